The van der Waals surface area contributed by atoms with Crippen LogP contribution in [0.2, 0.25) is 0 Å². The predicted molar refractivity (Wildman–Crippen MR) is 110 cm³/mol. The lowest BCUT2D eigenvalue weighted by molar-refractivity contribution is 0.355. The van der Waals surface area contributed by atoms with E-state index in [-0.39, 0.29) is 32.9 Å². The Labute approximate surface area is 174 Å². The van der Waals surface area contributed by atoms with Crippen LogP contribution in [0.3, 0.4) is 0 Å². The van der Waals surface area contributed by atoms with E-state index < -0.39 is 21.1 Å². The maximum absolute atomic E-state index is 13.2. The van der Waals surface area contributed by atoms with Gasteiger partial charge in [0.2, 0.25) is 0 Å². The molecule has 2 aromatic carbocycles. The number of rotatable bonds is 5. The van der Waals surface area contributed by atoms with Gasteiger partial charge in [0.15, 0.2) is 11.5 Å². The number of fused-ring (bicyclic) bond motifs is 1. The van der Waals surface area contributed by atoms with Gasteiger partial charge >= 0.3 is 0 Å². The van der Waals surface area contributed by atoms with Crippen molar-refractivity contribution in [2.75, 3.05) is 21.3 Å². The minimum Gasteiger partial charge on any atom is -0.497 e. The van der Waals surface area contributed by atoms with Crippen molar-refractivity contribution in [2.45, 2.75) is 4.90 Å². The normalized spacial score (nSPS) is 11.5. The third-order valence-electron chi connectivity index (χ3n) is 4.33. The highest BCUT2D eigenvalue weighted by molar-refractivity contribution is 9.10. The second-order valence-corrected chi connectivity index (χ2v) is 8.64. The van der Waals surface area contributed by atoms with Gasteiger partial charge in [0, 0.05) is 17.6 Å². The Hall–Kier alpha value is -2.79. The van der Waals surface area contributed by atoms with Crippen molar-refractivity contribution < 1.29 is 22.6 Å². The summed E-state index contributed by atoms with van der Waals surface area (Å²) in [5, 5.41) is -0.107. The van der Waals surface area contributed by atoms with Crippen LogP contribution in [0.4, 0.5) is 0 Å². The number of benzene rings is 2. The van der Waals surface area contributed by atoms with E-state index in [2.05, 4.69) is 15.9 Å². The van der Waals surface area contributed by atoms with Gasteiger partial charge in [-0.25, -0.2) is 4.68 Å². The van der Waals surface area contributed by atoms with Crippen molar-refractivity contribution in [1.29, 1.82) is 0 Å². The van der Waals surface area contributed by atoms with Crippen LogP contribution in [0.15, 0.2) is 49.3 Å². The SMILES string of the molecule is COc1cc(Br)cc(S(=O)(=O)n2c(=O)c3cc(OC)c(OC)cc3c(=O)n2C)c1. The molecule has 3 rings (SSSR count). The van der Waals surface area contributed by atoms with Crippen LogP contribution < -0.4 is 25.3 Å². The quantitative estimate of drug-likeness (QED) is 0.542. The Kier molecular flexibility index (Phi) is 5.46. The van der Waals surface area contributed by atoms with Gasteiger partial charge < -0.3 is 14.2 Å². The molecule has 0 saturated carbocycles. The van der Waals surface area contributed by atoms with Crippen LogP contribution in [0.25, 0.3) is 10.8 Å². The Morgan fingerprint density at radius 3 is 1.90 bits per heavy atom. The number of halogens is 1. The third kappa shape index (κ3) is 3.40. The second kappa shape index (κ2) is 7.56. The number of hydrogen-bond donors (Lipinski definition) is 0. The molecule has 0 radical (unpaired) electrons. The van der Waals surface area contributed by atoms with E-state index in [1.807, 2.05) is 0 Å². The fraction of sp³-hybridized carbons (Fsp3) is 0.222. The molecule has 0 atom stereocenters. The molecule has 0 aliphatic rings. The molecule has 11 heteroatoms. The first-order valence-corrected chi connectivity index (χ1v) is 10.4. The van der Waals surface area contributed by atoms with Crippen molar-refractivity contribution in [1.82, 2.24) is 8.77 Å². The van der Waals surface area contributed by atoms with E-state index in [0.29, 0.717) is 8.56 Å². The molecule has 0 aliphatic heterocycles. The first-order valence-electron chi connectivity index (χ1n) is 8.14. The number of ether oxygens (including phenoxy) is 3. The van der Waals surface area contributed by atoms with E-state index >= 15 is 0 Å². The largest absolute Gasteiger partial charge is 0.497 e. The zero-order chi connectivity index (χ0) is 21.5. The van der Waals surface area contributed by atoms with Gasteiger partial charge in [-0.15, -0.1) is 4.09 Å². The fourth-order valence-corrected chi connectivity index (χ4v) is 4.98. The zero-order valence-electron chi connectivity index (χ0n) is 15.9. The highest BCUT2D eigenvalue weighted by Crippen LogP contribution is 2.30. The summed E-state index contributed by atoms with van der Waals surface area (Å²) >= 11 is 3.21. The maximum Gasteiger partial charge on any atom is 0.288 e. The van der Waals surface area contributed by atoms with Crippen molar-refractivity contribution >= 4 is 36.7 Å². The molecule has 0 saturated heterocycles. The average Bonchev–Trinajstić information content (AvgIpc) is 2.70. The summed E-state index contributed by atoms with van der Waals surface area (Å²) in [6, 6.07) is 6.77. The van der Waals surface area contributed by atoms with E-state index in [0.717, 1.165) is 4.68 Å². The maximum atomic E-state index is 13.2. The molecule has 0 N–H and O–H groups in total. The highest BCUT2D eigenvalue weighted by Gasteiger charge is 2.26. The van der Waals surface area contributed by atoms with Crippen LogP contribution in [-0.4, -0.2) is 38.5 Å². The summed E-state index contributed by atoms with van der Waals surface area (Å²) in [7, 11) is 0.924. The summed E-state index contributed by atoms with van der Waals surface area (Å²) in [5.41, 5.74) is -1.59. The molecule has 3 aromatic rings. The molecule has 0 unspecified atom stereocenters. The lowest BCUT2D eigenvalue weighted by Gasteiger charge is -2.15. The van der Waals surface area contributed by atoms with Crippen molar-refractivity contribution in [3.63, 3.8) is 0 Å². The summed E-state index contributed by atoms with van der Waals surface area (Å²) < 4.78 is 43.5. The first-order chi connectivity index (χ1) is 13.6. The number of nitrogens with zero attached hydrogens (tertiary/aromatic N) is 2. The van der Waals surface area contributed by atoms with Crippen LogP contribution in [0.1, 0.15) is 0 Å². The molecule has 0 aliphatic carbocycles. The molecule has 0 bridgehead atoms. The van der Waals surface area contributed by atoms with Crippen molar-refractivity contribution in [3.05, 3.63) is 55.5 Å². The molecule has 1 heterocycles. The lowest BCUT2D eigenvalue weighted by atomic mass is 10.1. The van der Waals surface area contributed by atoms with Gasteiger partial charge in [0.05, 0.1) is 37.0 Å². The highest BCUT2D eigenvalue weighted by atomic mass is 79.9. The standard InChI is InChI=1S/C18H17BrN2O7S/c1-20-17(22)13-8-15(27-3)16(28-4)9-14(13)18(23)21(20)29(24,25)12-6-10(19)5-11(7-12)26-2/h5-9H,1-4H3. The van der Waals surface area contributed by atoms with Gasteiger partial charge in [-0.2, -0.15) is 8.42 Å². The smallest absolute Gasteiger partial charge is 0.288 e. The minimum atomic E-state index is -4.42. The molecule has 9 nitrogen and oxygen atoms in total. The van der Waals surface area contributed by atoms with Crippen LogP contribution >= 0.6 is 15.9 Å². The van der Waals surface area contributed by atoms with E-state index in [4.69, 9.17) is 14.2 Å². The summed E-state index contributed by atoms with van der Waals surface area (Å²) in [6.45, 7) is 0. The van der Waals surface area contributed by atoms with Crippen LogP contribution in [0, 0.1) is 0 Å². The minimum absolute atomic E-state index is 0.00780. The molecule has 0 amide bonds. The van der Waals surface area contributed by atoms with Gasteiger partial charge in [-0.3, -0.25) is 9.59 Å². The van der Waals surface area contributed by atoms with Gasteiger partial charge in [-0.1, -0.05) is 15.9 Å². The van der Waals surface area contributed by atoms with Gasteiger partial charge in [0.1, 0.15) is 5.75 Å². The van der Waals surface area contributed by atoms with Crippen molar-refractivity contribution in [3.8, 4) is 17.2 Å². The zero-order valence-corrected chi connectivity index (χ0v) is 18.3. The van der Waals surface area contributed by atoms with E-state index in [1.54, 1.807) is 6.07 Å². The number of aromatic nitrogens is 2. The predicted octanol–water partition coefficient (Wildman–Crippen LogP) is 1.73. The van der Waals surface area contributed by atoms with Crippen LogP contribution in [-0.2, 0) is 17.1 Å². The molecule has 0 spiro atoms. The Balaban J connectivity index is 2.43. The average molecular weight is 485 g/mol. The Morgan fingerprint density at radius 1 is 0.828 bits per heavy atom. The van der Waals surface area contributed by atoms with E-state index in [1.165, 1.54) is 52.6 Å². The third-order valence-corrected chi connectivity index (χ3v) is 6.49. The molecule has 29 heavy (non-hydrogen) atoms. The second-order valence-electron chi connectivity index (χ2n) is 5.96. The van der Waals surface area contributed by atoms with Gasteiger partial charge in [-0.05, 0) is 24.3 Å². The topological polar surface area (TPSA) is 106 Å². The molecular formula is C18H17BrN2O7S. The fourth-order valence-electron chi connectivity index (χ4n) is 2.90. The Morgan fingerprint density at radius 2 is 1.38 bits per heavy atom. The van der Waals surface area contributed by atoms with Crippen LogP contribution in [0.5, 0.6) is 17.2 Å². The summed E-state index contributed by atoms with van der Waals surface area (Å²) in [5.74, 6) is 0.704. The monoisotopic (exact) mass is 484 g/mol. The number of methoxy groups -OCH3 is 3. The van der Waals surface area contributed by atoms with Gasteiger partial charge in [0.25, 0.3) is 21.1 Å². The van der Waals surface area contributed by atoms with Crippen molar-refractivity contribution in [2.24, 2.45) is 7.05 Å². The lowest BCUT2D eigenvalue weighted by Crippen LogP contribution is -2.41. The molecular weight excluding hydrogens is 468 g/mol. The first kappa shape index (κ1) is 20.9. The number of hydrogen-bond acceptors (Lipinski definition) is 7. The molecule has 154 valence electrons. The molecule has 1 aromatic heterocycles. The summed E-state index contributed by atoms with van der Waals surface area (Å²) in [4.78, 5) is 25.7. The molecule has 0 fully saturated rings. The Bertz CT molecular complexity index is 1340. The van der Waals surface area contributed by atoms with E-state index in [9.17, 15) is 18.0 Å². The summed E-state index contributed by atoms with van der Waals surface area (Å²) in [6.07, 6.45) is 0.